The van der Waals surface area contributed by atoms with Crippen LogP contribution in [0.1, 0.15) is 27.6 Å². The molecular weight excluding hydrogens is 406 g/mol. The molecular formula is C18H18BrNO6. The van der Waals surface area contributed by atoms with Gasteiger partial charge in [0.2, 0.25) is 0 Å². The SMILES string of the molecule is O=C(NCC(O)C(O)c1ccc(Br)cc1C(=O)O)OCc1ccccc1. The van der Waals surface area contributed by atoms with Gasteiger partial charge in [0.25, 0.3) is 0 Å². The smallest absolute Gasteiger partial charge is 0.407 e. The van der Waals surface area contributed by atoms with E-state index in [0.717, 1.165) is 5.56 Å². The molecule has 4 N–H and O–H groups in total. The van der Waals surface area contributed by atoms with Crippen LogP contribution < -0.4 is 5.32 Å². The van der Waals surface area contributed by atoms with Crippen LogP contribution in [0.25, 0.3) is 0 Å². The van der Waals surface area contributed by atoms with Gasteiger partial charge < -0.3 is 25.4 Å². The highest BCUT2D eigenvalue weighted by Gasteiger charge is 2.24. The van der Waals surface area contributed by atoms with Gasteiger partial charge in [0.15, 0.2) is 0 Å². The maximum absolute atomic E-state index is 11.7. The van der Waals surface area contributed by atoms with E-state index in [1.54, 1.807) is 18.2 Å². The predicted molar refractivity (Wildman–Crippen MR) is 96.7 cm³/mol. The first kappa shape index (κ1) is 19.9. The van der Waals surface area contributed by atoms with E-state index in [1.807, 2.05) is 18.2 Å². The Balaban J connectivity index is 1.90. The molecule has 0 radical (unpaired) electrons. The highest BCUT2D eigenvalue weighted by Crippen LogP contribution is 2.24. The zero-order valence-electron chi connectivity index (χ0n) is 13.6. The Kier molecular flexibility index (Phi) is 7.14. The average molecular weight is 424 g/mol. The van der Waals surface area contributed by atoms with Gasteiger partial charge >= 0.3 is 12.1 Å². The topological polar surface area (TPSA) is 116 Å². The van der Waals surface area contributed by atoms with Crippen molar-refractivity contribution in [2.45, 2.75) is 18.8 Å². The number of aliphatic hydroxyl groups is 2. The van der Waals surface area contributed by atoms with Gasteiger partial charge in [-0.2, -0.15) is 0 Å². The molecule has 0 heterocycles. The van der Waals surface area contributed by atoms with Crippen LogP contribution in [0.15, 0.2) is 53.0 Å². The Morgan fingerprint density at radius 1 is 1.12 bits per heavy atom. The fourth-order valence-corrected chi connectivity index (χ4v) is 2.61. The van der Waals surface area contributed by atoms with Gasteiger partial charge in [-0.1, -0.05) is 52.3 Å². The predicted octanol–water partition coefficient (Wildman–Crippen LogP) is 2.47. The molecule has 0 aliphatic heterocycles. The number of nitrogens with one attached hydrogen (secondary N) is 1. The molecule has 0 bridgehead atoms. The maximum Gasteiger partial charge on any atom is 0.407 e. The first-order valence-electron chi connectivity index (χ1n) is 7.72. The van der Waals surface area contributed by atoms with Crippen LogP contribution in [-0.4, -0.2) is 40.0 Å². The molecule has 2 aromatic rings. The molecule has 8 heteroatoms. The zero-order valence-corrected chi connectivity index (χ0v) is 15.2. The van der Waals surface area contributed by atoms with E-state index < -0.39 is 24.3 Å². The minimum absolute atomic E-state index is 0.0488. The van der Waals surface area contributed by atoms with Gasteiger partial charge in [0.05, 0.1) is 5.56 Å². The summed E-state index contributed by atoms with van der Waals surface area (Å²) in [5.41, 5.74) is 0.717. The summed E-state index contributed by atoms with van der Waals surface area (Å²) in [5, 5.41) is 31.8. The third kappa shape index (κ3) is 5.55. The molecule has 26 heavy (non-hydrogen) atoms. The van der Waals surface area contributed by atoms with E-state index in [2.05, 4.69) is 21.2 Å². The average Bonchev–Trinajstić information content (AvgIpc) is 2.64. The quantitative estimate of drug-likeness (QED) is 0.543. The number of rotatable bonds is 7. The Bertz CT molecular complexity index is 768. The van der Waals surface area contributed by atoms with Crippen LogP contribution in [-0.2, 0) is 11.3 Å². The number of aliphatic hydroxyl groups excluding tert-OH is 2. The number of ether oxygens (including phenoxy) is 1. The van der Waals surface area contributed by atoms with Crippen molar-refractivity contribution < 1.29 is 29.6 Å². The number of carbonyl (C=O) groups is 2. The van der Waals surface area contributed by atoms with Gasteiger partial charge in [0.1, 0.15) is 18.8 Å². The number of hydrogen-bond donors (Lipinski definition) is 4. The molecule has 0 fully saturated rings. The molecule has 1 amide bonds. The van der Waals surface area contributed by atoms with Crippen LogP contribution in [0.4, 0.5) is 4.79 Å². The van der Waals surface area contributed by atoms with Crippen molar-refractivity contribution in [1.82, 2.24) is 5.32 Å². The van der Waals surface area contributed by atoms with Crippen molar-refractivity contribution in [1.29, 1.82) is 0 Å². The minimum atomic E-state index is -1.48. The number of benzene rings is 2. The van der Waals surface area contributed by atoms with Crippen LogP contribution in [0.2, 0.25) is 0 Å². The second-order valence-corrected chi connectivity index (χ2v) is 6.41. The van der Waals surface area contributed by atoms with Crippen molar-refractivity contribution in [2.24, 2.45) is 0 Å². The largest absolute Gasteiger partial charge is 0.478 e. The van der Waals surface area contributed by atoms with Crippen molar-refractivity contribution in [3.05, 3.63) is 69.7 Å². The number of amides is 1. The molecule has 0 spiro atoms. The van der Waals surface area contributed by atoms with E-state index in [9.17, 15) is 24.9 Å². The minimum Gasteiger partial charge on any atom is -0.478 e. The normalized spacial score (nSPS) is 12.9. The van der Waals surface area contributed by atoms with Gasteiger partial charge in [-0.15, -0.1) is 0 Å². The molecule has 2 aromatic carbocycles. The highest BCUT2D eigenvalue weighted by atomic mass is 79.9. The number of hydrogen-bond acceptors (Lipinski definition) is 5. The number of aromatic carboxylic acids is 1. The molecule has 0 saturated carbocycles. The number of carbonyl (C=O) groups excluding carboxylic acids is 1. The second kappa shape index (κ2) is 9.33. The Labute approximate surface area is 158 Å². The molecule has 0 aromatic heterocycles. The second-order valence-electron chi connectivity index (χ2n) is 5.49. The maximum atomic E-state index is 11.7. The molecule has 138 valence electrons. The fourth-order valence-electron chi connectivity index (χ4n) is 2.25. The van der Waals surface area contributed by atoms with E-state index >= 15 is 0 Å². The van der Waals surface area contributed by atoms with Crippen molar-refractivity contribution in [3.63, 3.8) is 0 Å². The van der Waals surface area contributed by atoms with Crippen LogP contribution in [0.3, 0.4) is 0 Å². The number of carboxylic acids is 1. The highest BCUT2D eigenvalue weighted by molar-refractivity contribution is 9.10. The first-order chi connectivity index (χ1) is 12.4. The summed E-state index contributed by atoms with van der Waals surface area (Å²) in [6, 6.07) is 13.3. The third-order valence-electron chi connectivity index (χ3n) is 3.60. The summed E-state index contributed by atoms with van der Waals surface area (Å²) in [4.78, 5) is 23.0. The summed E-state index contributed by atoms with van der Waals surface area (Å²) in [5.74, 6) is -1.23. The molecule has 0 saturated heterocycles. The lowest BCUT2D eigenvalue weighted by molar-refractivity contribution is 0.0174. The van der Waals surface area contributed by atoms with E-state index in [4.69, 9.17) is 4.74 Å². The lowest BCUT2D eigenvalue weighted by Crippen LogP contribution is -2.36. The molecule has 0 aliphatic rings. The van der Waals surface area contributed by atoms with Crippen molar-refractivity contribution in [2.75, 3.05) is 6.54 Å². The molecule has 2 atom stereocenters. The fraction of sp³-hybridized carbons (Fsp3) is 0.222. The van der Waals surface area contributed by atoms with Gasteiger partial charge in [-0.3, -0.25) is 0 Å². The van der Waals surface area contributed by atoms with Crippen LogP contribution in [0, 0.1) is 0 Å². The first-order valence-corrected chi connectivity index (χ1v) is 8.51. The summed E-state index contributed by atoms with van der Waals surface area (Å²) in [6.07, 6.45) is -3.64. The van der Waals surface area contributed by atoms with Crippen LogP contribution in [0.5, 0.6) is 0 Å². The monoisotopic (exact) mass is 423 g/mol. The molecule has 2 unspecified atom stereocenters. The van der Waals surface area contributed by atoms with E-state index in [0.29, 0.717) is 4.47 Å². The Morgan fingerprint density at radius 2 is 1.81 bits per heavy atom. The summed E-state index contributed by atoms with van der Waals surface area (Å²) in [7, 11) is 0. The van der Waals surface area contributed by atoms with Gasteiger partial charge in [0, 0.05) is 11.0 Å². The standard InChI is InChI=1S/C18H18BrNO6/c19-12-6-7-13(14(8-12)17(23)24)16(22)15(21)9-20-18(25)26-10-11-4-2-1-3-5-11/h1-8,15-16,21-22H,9-10H2,(H,20,25)(H,23,24). The Morgan fingerprint density at radius 3 is 2.46 bits per heavy atom. The van der Waals surface area contributed by atoms with Crippen molar-refractivity contribution >= 4 is 28.0 Å². The molecule has 2 rings (SSSR count). The van der Waals surface area contributed by atoms with E-state index in [-0.39, 0.29) is 24.3 Å². The molecule has 7 nitrogen and oxygen atoms in total. The van der Waals surface area contributed by atoms with Crippen molar-refractivity contribution in [3.8, 4) is 0 Å². The Hall–Kier alpha value is -2.42. The zero-order chi connectivity index (χ0) is 19.1. The lowest BCUT2D eigenvalue weighted by atomic mass is 9.98. The summed E-state index contributed by atoms with van der Waals surface area (Å²) >= 11 is 3.16. The number of carboxylic acid groups (broad SMARTS) is 1. The molecule has 0 aliphatic carbocycles. The van der Waals surface area contributed by atoms with Gasteiger partial charge in [-0.25, -0.2) is 9.59 Å². The third-order valence-corrected chi connectivity index (χ3v) is 4.09. The summed E-state index contributed by atoms with van der Waals surface area (Å²) in [6.45, 7) is -0.231. The number of halogens is 1. The summed E-state index contributed by atoms with van der Waals surface area (Å²) < 4.78 is 5.53. The lowest BCUT2D eigenvalue weighted by Gasteiger charge is -2.20. The number of alkyl carbamates (subject to hydrolysis) is 1. The van der Waals surface area contributed by atoms with Crippen LogP contribution >= 0.6 is 15.9 Å². The van der Waals surface area contributed by atoms with Gasteiger partial charge in [-0.05, 0) is 23.3 Å². The van der Waals surface area contributed by atoms with E-state index in [1.165, 1.54) is 12.1 Å².